The minimum atomic E-state index is -0.414. The summed E-state index contributed by atoms with van der Waals surface area (Å²) in [6.45, 7) is 0. The number of hydrogen-bond donors (Lipinski definition) is 0. The van der Waals surface area contributed by atoms with Crippen molar-refractivity contribution in [2.75, 3.05) is 14.2 Å². The van der Waals surface area contributed by atoms with Gasteiger partial charge in [0.2, 0.25) is 0 Å². The first-order chi connectivity index (χ1) is 29.3. The van der Waals surface area contributed by atoms with E-state index in [0.29, 0.717) is 97.0 Å². The lowest BCUT2D eigenvalue weighted by Gasteiger charge is -2.27. The van der Waals surface area contributed by atoms with Gasteiger partial charge in [0, 0.05) is 11.1 Å². The van der Waals surface area contributed by atoms with E-state index in [0.717, 1.165) is 21.5 Å². The molecule has 306 valence electrons. The molecule has 0 unspecified atom stereocenters. The van der Waals surface area contributed by atoms with E-state index in [-0.39, 0.29) is 35.7 Å². The van der Waals surface area contributed by atoms with Crippen LogP contribution in [0.4, 0.5) is 0 Å². The van der Waals surface area contributed by atoms with Crippen molar-refractivity contribution in [3.8, 4) is 45.6 Å². The van der Waals surface area contributed by atoms with E-state index in [1.807, 2.05) is 60.7 Å². The molecule has 0 radical (unpaired) electrons. The lowest BCUT2D eigenvalue weighted by atomic mass is 9.82. The zero-order valence-corrected chi connectivity index (χ0v) is 33.6. The van der Waals surface area contributed by atoms with E-state index < -0.39 is 11.8 Å². The first-order valence-corrected chi connectivity index (χ1v) is 20.5. The monoisotopic (exact) mass is 806 g/mol. The van der Waals surface area contributed by atoms with Crippen LogP contribution >= 0.6 is 0 Å². The molecule has 8 rings (SSSR count). The Hall–Kier alpha value is -6.68. The second-order valence-corrected chi connectivity index (χ2v) is 15.5. The highest BCUT2D eigenvalue weighted by molar-refractivity contribution is 6.10. The van der Waals surface area contributed by atoms with Gasteiger partial charge in [0.25, 0.3) is 0 Å². The molecule has 2 fully saturated rings. The lowest BCUT2D eigenvalue weighted by Crippen LogP contribution is -2.30. The van der Waals surface area contributed by atoms with Crippen molar-refractivity contribution in [3.05, 3.63) is 121 Å². The Balaban J connectivity index is 0.998. The summed E-state index contributed by atoms with van der Waals surface area (Å²) in [4.78, 5) is 54.0. The molecular weight excluding hydrogens is 761 g/mol. The molecule has 0 heterocycles. The van der Waals surface area contributed by atoms with Crippen molar-refractivity contribution < 1.29 is 47.6 Å². The average Bonchev–Trinajstić information content (AvgIpc) is 3.29. The van der Waals surface area contributed by atoms with Crippen molar-refractivity contribution in [2.24, 2.45) is 23.7 Å². The maximum atomic E-state index is 14.0. The van der Waals surface area contributed by atoms with E-state index in [1.54, 1.807) is 74.9 Å². The van der Waals surface area contributed by atoms with Crippen LogP contribution in [-0.4, -0.2) is 38.1 Å². The molecule has 10 heteroatoms. The van der Waals surface area contributed by atoms with E-state index in [9.17, 15) is 19.2 Å². The first kappa shape index (κ1) is 40.1. The fourth-order valence-electron chi connectivity index (χ4n) is 8.39. The summed E-state index contributed by atoms with van der Waals surface area (Å²) in [5, 5.41) is 3.51. The summed E-state index contributed by atoms with van der Waals surface area (Å²) in [6, 6.07) is 36.8. The summed E-state index contributed by atoms with van der Waals surface area (Å²) >= 11 is 0. The van der Waals surface area contributed by atoms with E-state index in [4.69, 9.17) is 28.4 Å². The Morgan fingerprint density at radius 1 is 0.367 bits per heavy atom. The molecule has 0 bridgehead atoms. The van der Waals surface area contributed by atoms with Gasteiger partial charge in [-0.15, -0.1) is 0 Å². The molecule has 60 heavy (non-hydrogen) atoms. The van der Waals surface area contributed by atoms with Crippen LogP contribution in [0.1, 0.15) is 51.4 Å². The van der Waals surface area contributed by atoms with Gasteiger partial charge in [0.05, 0.1) is 37.9 Å². The van der Waals surface area contributed by atoms with Crippen molar-refractivity contribution in [1.29, 1.82) is 0 Å². The van der Waals surface area contributed by atoms with Gasteiger partial charge in [0.15, 0.2) is 0 Å². The van der Waals surface area contributed by atoms with Gasteiger partial charge in [-0.3, -0.25) is 19.2 Å². The number of benzene rings is 6. The topological polar surface area (TPSA) is 124 Å². The maximum Gasteiger partial charge on any atom is 0.314 e. The van der Waals surface area contributed by atoms with Crippen LogP contribution < -0.4 is 28.4 Å². The fourth-order valence-corrected chi connectivity index (χ4v) is 8.39. The van der Waals surface area contributed by atoms with Crippen LogP contribution in [0.3, 0.4) is 0 Å². The van der Waals surface area contributed by atoms with Crippen molar-refractivity contribution >= 4 is 45.4 Å². The van der Waals surface area contributed by atoms with Crippen molar-refractivity contribution in [3.63, 3.8) is 0 Å². The number of carbonyl (C=O) groups excluding carboxylic acids is 4. The van der Waals surface area contributed by atoms with E-state index in [2.05, 4.69) is 0 Å². The van der Waals surface area contributed by atoms with Gasteiger partial charge in [-0.25, -0.2) is 0 Å². The second kappa shape index (κ2) is 18.1. The van der Waals surface area contributed by atoms with Gasteiger partial charge in [0.1, 0.15) is 34.5 Å². The van der Waals surface area contributed by atoms with E-state index in [1.165, 1.54) is 0 Å². The molecule has 0 amide bonds. The summed E-state index contributed by atoms with van der Waals surface area (Å²) in [5.74, 6) is 0.0467. The van der Waals surface area contributed by atoms with Crippen molar-refractivity contribution in [1.82, 2.24) is 0 Å². The molecule has 6 aromatic carbocycles. The number of hydrogen-bond acceptors (Lipinski definition) is 10. The van der Waals surface area contributed by atoms with Gasteiger partial charge in [-0.05, 0) is 134 Å². The van der Waals surface area contributed by atoms with Crippen LogP contribution in [0.2, 0.25) is 0 Å². The number of carbonyl (C=O) groups is 4. The van der Waals surface area contributed by atoms with Crippen LogP contribution in [0.25, 0.3) is 32.7 Å². The lowest BCUT2D eigenvalue weighted by molar-refractivity contribution is -0.145. The fraction of sp³-hybridized carbons (Fsp3) is 0.280. The predicted molar refractivity (Wildman–Crippen MR) is 226 cm³/mol. The highest BCUT2D eigenvalue weighted by Crippen LogP contribution is 2.46. The molecule has 0 spiro atoms. The third-order valence-corrected chi connectivity index (χ3v) is 11.8. The number of rotatable bonds is 11. The largest absolute Gasteiger partial charge is 0.497 e. The van der Waals surface area contributed by atoms with Crippen LogP contribution in [0, 0.1) is 23.7 Å². The number of fused-ring (bicyclic) bond motifs is 2. The third-order valence-electron chi connectivity index (χ3n) is 11.8. The molecule has 2 aliphatic rings. The zero-order chi connectivity index (χ0) is 41.6. The molecule has 0 N–H and O–H groups in total. The molecule has 0 aromatic heterocycles. The highest BCUT2D eigenvalue weighted by atomic mass is 16.6. The van der Waals surface area contributed by atoms with Crippen molar-refractivity contribution in [2.45, 2.75) is 51.4 Å². The van der Waals surface area contributed by atoms with Gasteiger partial charge >= 0.3 is 23.9 Å². The summed E-state index contributed by atoms with van der Waals surface area (Å²) in [6.07, 6.45) is 3.88. The Kier molecular flexibility index (Phi) is 12.1. The summed E-state index contributed by atoms with van der Waals surface area (Å²) in [5.41, 5.74) is 1.28. The van der Waals surface area contributed by atoms with Gasteiger partial charge in [-0.1, -0.05) is 60.7 Å². The highest BCUT2D eigenvalue weighted by Gasteiger charge is 2.35. The molecular formula is C50H46O10. The molecule has 0 aliphatic heterocycles. The SMILES string of the molecule is COc1ccc(OC(=O)C2CCC(C(=O)Oc3ccc4ccccc4c3-c3c(OC(=O)C4CCC(C(=O)Oc5ccc(OC)cc5)CC4)ccc4ccccc34)CC2)cc1. The zero-order valence-electron chi connectivity index (χ0n) is 33.6. The van der Waals surface area contributed by atoms with Gasteiger partial charge < -0.3 is 28.4 Å². The molecule has 0 saturated heterocycles. The van der Waals surface area contributed by atoms with Crippen LogP contribution in [0.15, 0.2) is 121 Å². The first-order valence-electron chi connectivity index (χ1n) is 20.5. The molecule has 6 aromatic rings. The smallest absolute Gasteiger partial charge is 0.314 e. The minimum Gasteiger partial charge on any atom is -0.497 e. The number of ether oxygens (including phenoxy) is 6. The van der Waals surface area contributed by atoms with Crippen LogP contribution in [-0.2, 0) is 19.2 Å². The molecule has 2 aliphatic carbocycles. The van der Waals surface area contributed by atoms with Gasteiger partial charge in [-0.2, -0.15) is 0 Å². The minimum absolute atomic E-state index is 0.317. The van der Waals surface area contributed by atoms with Crippen LogP contribution in [0.5, 0.6) is 34.5 Å². The molecule has 2 saturated carbocycles. The second-order valence-electron chi connectivity index (χ2n) is 15.5. The quantitative estimate of drug-likeness (QED) is 0.0923. The Morgan fingerprint density at radius 3 is 1.00 bits per heavy atom. The number of methoxy groups -OCH3 is 2. The predicted octanol–water partition coefficient (Wildman–Crippen LogP) is 10.3. The third kappa shape index (κ3) is 8.83. The Labute approximate surface area is 348 Å². The average molecular weight is 807 g/mol. The summed E-state index contributed by atoms with van der Waals surface area (Å²) < 4.78 is 34.3. The maximum absolute atomic E-state index is 14.0. The summed E-state index contributed by atoms with van der Waals surface area (Å²) in [7, 11) is 3.15. The Morgan fingerprint density at radius 2 is 0.667 bits per heavy atom. The normalized spacial score (nSPS) is 18.9. The van der Waals surface area contributed by atoms with E-state index >= 15 is 0 Å². The number of esters is 4. The Bertz CT molecular complexity index is 2330. The molecule has 0 atom stereocenters. The standard InChI is InChI=1S/C50H46O10/c1-55-37-21-25-39(26-22-37)57-47(51)33-11-15-35(16-12-33)49(53)59-43-29-19-31-7-3-5-9-41(31)45(43)46-42-10-6-4-8-32(42)20-30-44(46)60-50(54)36-17-13-34(14-18-36)48(52)58-40-27-23-38(56-2)24-28-40/h3-10,19-30,33-36H,11-18H2,1-2H3. The molecule has 10 nitrogen and oxygen atoms in total.